The van der Waals surface area contributed by atoms with Crippen molar-refractivity contribution in [2.75, 3.05) is 0 Å². The van der Waals surface area contributed by atoms with Gasteiger partial charge >= 0.3 is 0 Å². The molecule has 1 atom stereocenters. The Balaban J connectivity index is 2.26. The summed E-state index contributed by atoms with van der Waals surface area (Å²) < 4.78 is 0. The Kier molecular flexibility index (Phi) is 3.94. The number of rotatable bonds is 5. The van der Waals surface area contributed by atoms with Gasteiger partial charge in [0, 0.05) is 18.3 Å². The van der Waals surface area contributed by atoms with E-state index < -0.39 is 0 Å². The van der Waals surface area contributed by atoms with Crippen LogP contribution < -0.4 is 0 Å². The average Bonchev–Trinajstić information content (AvgIpc) is 2.90. The molecule has 2 rings (SSSR count). The van der Waals surface area contributed by atoms with Crippen LogP contribution in [0.5, 0.6) is 0 Å². The SMILES string of the molecule is CCCC(c1ccc(CO)cc1)c1ncc[nH]1. The number of nitrogens with zero attached hydrogens (tertiary/aromatic N) is 1. The number of hydrogen-bond donors (Lipinski definition) is 2. The summed E-state index contributed by atoms with van der Waals surface area (Å²) in [5, 5.41) is 9.04. The van der Waals surface area contributed by atoms with Crippen molar-refractivity contribution >= 4 is 0 Å². The third-order valence-electron chi connectivity index (χ3n) is 2.99. The quantitative estimate of drug-likeness (QED) is 0.829. The Hall–Kier alpha value is -1.61. The molecule has 1 aromatic carbocycles. The Morgan fingerprint density at radius 2 is 2.06 bits per heavy atom. The fourth-order valence-electron chi connectivity index (χ4n) is 2.07. The van der Waals surface area contributed by atoms with E-state index in [0.29, 0.717) is 5.92 Å². The molecular formula is C14H18N2O. The monoisotopic (exact) mass is 230 g/mol. The van der Waals surface area contributed by atoms with Gasteiger partial charge in [0.25, 0.3) is 0 Å². The molecule has 2 aromatic rings. The van der Waals surface area contributed by atoms with Crippen molar-refractivity contribution in [1.29, 1.82) is 0 Å². The van der Waals surface area contributed by atoms with E-state index in [1.54, 1.807) is 6.20 Å². The maximum absolute atomic E-state index is 9.04. The Labute approximate surface area is 102 Å². The highest BCUT2D eigenvalue weighted by molar-refractivity contribution is 5.29. The van der Waals surface area contributed by atoms with Gasteiger partial charge in [0.1, 0.15) is 5.82 Å². The van der Waals surface area contributed by atoms with Crippen molar-refractivity contribution in [3.8, 4) is 0 Å². The first-order chi connectivity index (χ1) is 8.35. The number of aliphatic hydroxyl groups is 1. The smallest absolute Gasteiger partial charge is 0.113 e. The molecule has 3 nitrogen and oxygen atoms in total. The molecule has 0 spiro atoms. The van der Waals surface area contributed by atoms with E-state index in [1.807, 2.05) is 18.3 Å². The molecule has 0 bridgehead atoms. The van der Waals surface area contributed by atoms with Crippen LogP contribution in [0.3, 0.4) is 0 Å². The normalized spacial score (nSPS) is 12.6. The van der Waals surface area contributed by atoms with Crippen molar-refractivity contribution in [1.82, 2.24) is 9.97 Å². The molecule has 0 aliphatic rings. The van der Waals surface area contributed by atoms with Crippen molar-refractivity contribution in [2.45, 2.75) is 32.3 Å². The lowest BCUT2D eigenvalue weighted by atomic mass is 9.93. The minimum atomic E-state index is 0.0967. The Bertz CT molecular complexity index is 434. The van der Waals surface area contributed by atoms with Gasteiger partial charge in [-0.15, -0.1) is 0 Å². The number of aliphatic hydroxyl groups excluding tert-OH is 1. The van der Waals surface area contributed by atoms with Gasteiger partial charge in [0.15, 0.2) is 0 Å². The minimum Gasteiger partial charge on any atom is -0.392 e. The molecule has 0 amide bonds. The molecule has 1 unspecified atom stereocenters. The van der Waals surface area contributed by atoms with Crippen LogP contribution in [0.2, 0.25) is 0 Å². The largest absolute Gasteiger partial charge is 0.392 e. The van der Waals surface area contributed by atoms with Crippen LogP contribution >= 0.6 is 0 Å². The van der Waals surface area contributed by atoms with Crippen molar-refractivity contribution < 1.29 is 5.11 Å². The lowest BCUT2D eigenvalue weighted by Gasteiger charge is -2.14. The Morgan fingerprint density at radius 3 is 2.59 bits per heavy atom. The highest BCUT2D eigenvalue weighted by Gasteiger charge is 2.15. The summed E-state index contributed by atoms with van der Waals surface area (Å²) in [4.78, 5) is 7.54. The number of aromatic nitrogens is 2. The molecule has 0 aliphatic carbocycles. The van der Waals surface area contributed by atoms with E-state index in [1.165, 1.54) is 5.56 Å². The zero-order valence-electron chi connectivity index (χ0n) is 10.1. The first kappa shape index (κ1) is 11.9. The van der Waals surface area contributed by atoms with Crippen LogP contribution in [-0.2, 0) is 6.61 Å². The molecule has 1 aromatic heterocycles. The van der Waals surface area contributed by atoms with Crippen LogP contribution in [0.25, 0.3) is 0 Å². The van der Waals surface area contributed by atoms with E-state index in [9.17, 15) is 0 Å². The van der Waals surface area contributed by atoms with Gasteiger partial charge in [-0.25, -0.2) is 4.98 Å². The average molecular weight is 230 g/mol. The molecule has 3 heteroatoms. The van der Waals surface area contributed by atoms with E-state index in [-0.39, 0.29) is 6.61 Å². The third-order valence-corrected chi connectivity index (χ3v) is 2.99. The van der Waals surface area contributed by atoms with Gasteiger partial charge in [-0.2, -0.15) is 0 Å². The van der Waals surface area contributed by atoms with Crippen molar-refractivity contribution in [3.63, 3.8) is 0 Å². The Morgan fingerprint density at radius 1 is 1.29 bits per heavy atom. The summed E-state index contributed by atoms with van der Waals surface area (Å²) in [6.07, 6.45) is 5.85. The predicted octanol–water partition coefficient (Wildman–Crippen LogP) is 2.83. The molecule has 90 valence electrons. The molecule has 0 fully saturated rings. The predicted molar refractivity (Wildman–Crippen MR) is 67.7 cm³/mol. The van der Waals surface area contributed by atoms with Gasteiger partial charge in [-0.05, 0) is 17.5 Å². The van der Waals surface area contributed by atoms with Gasteiger partial charge < -0.3 is 10.1 Å². The lowest BCUT2D eigenvalue weighted by molar-refractivity contribution is 0.282. The molecule has 17 heavy (non-hydrogen) atoms. The highest BCUT2D eigenvalue weighted by atomic mass is 16.3. The number of imidazole rings is 1. The second-order valence-corrected chi connectivity index (χ2v) is 4.22. The van der Waals surface area contributed by atoms with Crippen molar-refractivity contribution in [3.05, 3.63) is 53.6 Å². The number of hydrogen-bond acceptors (Lipinski definition) is 2. The van der Waals surface area contributed by atoms with Crippen LogP contribution in [-0.4, -0.2) is 15.1 Å². The number of aromatic amines is 1. The fourth-order valence-corrected chi connectivity index (χ4v) is 2.07. The molecule has 0 saturated heterocycles. The summed E-state index contributed by atoms with van der Waals surface area (Å²) in [5.41, 5.74) is 2.20. The number of benzene rings is 1. The van der Waals surface area contributed by atoms with Gasteiger partial charge in [0.05, 0.1) is 6.61 Å². The van der Waals surface area contributed by atoms with Crippen molar-refractivity contribution in [2.24, 2.45) is 0 Å². The summed E-state index contributed by atoms with van der Waals surface area (Å²) in [6, 6.07) is 8.10. The molecule has 0 radical (unpaired) electrons. The molecule has 2 N–H and O–H groups in total. The first-order valence-corrected chi connectivity index (χ1v) is 6.04. The number of nitrogens with one attached hydrogen (secondary N) is 1. The standard InChI is InChI=1S/C14H18N2O/c1-2-3-13(14-15-8-9-16-14)12-6-4-11(10-17)5-7-12/h4-9,13,17H,2-3,10H2,1H3,(H,15,16). The lowest BCUT2D eigenvalue weighted by Crippen LogP contribution is -2.03. The molecule has 0 aliphatic heterocycles. The van der Waals surface area contributed by atoms with E-state index in [0.717, 1.165) is 24.2 Å². The third kappa shape index (κ3) is 2.74. The van der Waals surface area contributed by atoms with Gasteiger partial charge in [0.2, 0.25) is 0 Å². The van der Waals surface area contributed by atoms with E-state index in [2.05, 4.69) is 29.0 Å². The molecule has 0 saturated carbocycles. The summed E-state index contributed by atoms with van der Waals surface area (Å²) >= 11 is 0. The van der Waals surface area contributed by atoms with E-state index in [4.69, 9.17) is 5.11 Å². The first-order valence-electron chi connectivity index (χ1n) is 6.04. The van der Waals surface area contributed by atoms with Crippen LogP contribution in [0.1, 0.15) is 42.6 Å². The second-order valence-electron chi connectivity index (χ2n) is 4.22. The summed E-state index contributed by atoms with van der Waals surface area (Å²) in [5.74, 6) is 1.34. The zero-order chi connectivity index (χ0) is 12.1. The van der Waals surface area contributed by atoms with E-state index >= 15 is 0 Å². The topological polar surface area (TPSA) is 48.9 Å². The maximum atomic E-state index is 9.04. The second kappa shape index (κ2) is 5.64. The van der Waals surface area contributed by atoms with Crippen LogP contribution in [0.4, 0.5) is 0 Å². The summed E-state index contributed by atoms with van der Waals surface area (Å²) in [6.45, 7) is 2.28. The zero-order valence-corrected chi connectivity index (χ0v) is 10.1. The van der Waals surface area contributed by atoms with Gasteiger partial charge in [-0.3, -0.25) is 0 Å². The summed E-state index contributed by atoms with van der Waals surface area (Å²) in [7, 11) is 0. The highest BCUT2D eigenvalue weighted by Crippen LogP contribution is 2.26. The number of H-pyrrole nitrogens is 1. The van der Waals surface area contributed by atoms with Crippen LogP contribution in [0, 0.1) is 0 Å². The fraction of sp³-hybridized carbons (Fsp3) is 0.357. The van der Waals surface area contributed by atoms with Crippen LogP contribution in [0.15, 0.2) is 36.7 Å². The maximum Gasteiger partial charge on any atom is 0.113 e. The molecular weight excluding hydrogens is 212 g/mol. The minimum absolute atomic E-state index is 0.0967. The molecule has 1 heterocycles. The van der Waals surface area contributed by atoms with Gasteiger partial charge in [-0.1, -0.05) is 37.6 Å².